The standard InChI is InChI=1S/C21H15F3N4O2/c1-28(11-16-8-9-25-12-26-16)20(29)14-4-7-18-17(10-14)27-19(30-18)13-2-5-15(6-3-13)21(22,23)24/h2-10,12H,11H2,1H3. The summed E-state index contributed by atoms with van der Waals surface area (Å²) in [5.74, 6) is -0.0488. The van der Waals surface area contributed by atoms with Crippen molar-refractivity contribution in [2.75, 3.05) is 7.05 Å². The summed E-state index contributed by atoms with van der Waals surface area (Å²) in [6.45, 7) is 0.314. The topological polar surface area (TPSA) is 72.1 Å². The van der Waals surface area contributed by atoms with Gasteiger partial charge in [0.05, 0.1) is 17.8 Å². The smallest absolute Gasteiger partial charge is 0.416 e. The van der Waals surface area contributed by atoms with Gasteiger partial charge in [-0.15, -0.1) is 0 Å². The summed E-state index contributed by atoms with van der Waals surface area (Å²) in [6, 6.07) is 11.1. The highest BCUT2D eigenvalue weighted by atomic mass is 19.4. The van der Waals surface area contributed by atoms with Crippen LogP contribution in [0.1, 0.15) is 21.6 Å². The lowest BCUT2D eigenvalue weighted by atomic mass is 10.1. The lowest BCUT2D eigenvalue weighted by molar-refractivity contribution is -0.137. The van der Waals surface area contributed by atoms with Gasteiger partial charge in [0.25, 0.3) is 5.91 Å². The summed E-state index contributed by atoms with van der Waals surface area (Å²) < 4.78 is 43.8. The lowest BCUT2D eigenvalue weighted by Crippen LogP contribution is -2.26. The summed E-state index contributed by atoms with van der Waals surface area (Å²) >= 11 is 0. The van der Waals surface area contributed by atoms with E-state index >= 15 is 0 Å². The Bertz CT molecular complexity index is 1190. The average molecular weight is 412 g/mol. The van der Waals surface area contributed by atoms with Crippen molar-refractivity contribution in [2.45, 2.75) is 12.7 Å². The zero-order chi connectivity index (χ0) is 21.3. The van der Waals surface area contributed by atoms with Crippen molar-refractivity contribution in [1.82, 2.24) is 19.9 Å². The third-order valence-electron chi connectivity index (χ3n) is 4.48. The van der Waals surface area contributed by atoms with Crippen LogP contribution in [0.4, 0.5) is 13.2 Å². The van der Waals surface area contributed by atoms with Crippen molar-refractivity contribution in [3.63, 3.8) is 0 Å². The van der Waals surface area contributed by atoms with Gasteiger partial charge in [-0.1, -0.05) is 0 Å². The van der Waals surface area contributed by atoms with Crippen LogP contribution in [-0.4, -0.2) is 32.8 Å². The largest absolute Gasteiger partial charge is 0.436 e. The van der Waals surface area contributed by atoms with Gasteiger partial charge in [-0.05, 0) is 48.5 Å². The molecule has 0 aliphatic heterocycles. The van der Waals surface area contributed by atoms with Gasteiger partial charge in [0.15, 0.2) is 5.58 Å². The molecule has 0 saturated carbocycles. The van der Waals surface area contributed by atoms with Gasteiger partial charge in [-0.25, -0.2) is 15.0 Å². The molecule has 152 valence electrons. The number of carbonyl (C=O) groups is 1. The van der Waals surface area contributed by atoms with E-state index < -0.39 is 11.7 Å². The molecular weight excluding hydrogens is 397 g/mol. The number of carbonyl (C=O) groups excluding carboxylic acids is 1. The summed E-state index contributed by atoms with van der Waals surface area (Å²) in [6.07, 6.45) is -1.39. The van der Waals surface area contributed by atoms with Crippen molar-refractivity contribution < 1.29 is 22.4 Å². The van der Waals surface area contributed by atoms with Gasteiger partial charge in [-0.3, -0.25) is 4.79 Å². The molecule has 9 heteroatoms. The highest BCUT2D eigenvalue weighted by Crippen LogP contribution is 2.31. The number of hydrogen-bond acceptors (Lipinski definition) is 5. The first-order valence-electron chi connectivity index (χ1n) is 8.90. The molecular formula is C21H15F3N4O2. The molecule has 4 aromatic rings. The van der Waals surface area contributed by atoms with E-state index in [9.17, 15) is 18.0 Å². The Hall–Kier alpha value is -3.75. The molecule has 1 amide bonds. The molecule has 2 heterocycles. The molecule has 2 aromatic heterocycles. The fourth-order valence-corrected chi connectivity index (χ4v) is 2.93. The van der Waals surface area contributed by atoms with E-state index in [4.69, 9.17) is 4.42 Å². The van der Waals surface area contributed by atoms with Crippen LogP contribution in [0.2, 0.25) is 0 Å². The Labute approximate surface area is 169 Å². The van der Waals surface area contributed by atoms with Crippen LogP contribution in [0.3, 0.4) is 0 Å². The van der Waals surface area contributed by atoms with Crippen LogP contribution in [0.5, 0.6) is 0 Å². The van der Waals surface area contributed by atoms with Gasteiger partial charge in [0, 0.05) is 24.4 Å². The molecule has 4 rings (SSSR count). The number of benzene rings is 2. The Morgan fingerprint density at radius 3 is 2.53 bits per heavy atom. The summed E-state index contributed by atoms with van der Waals surface area (Å²) in [5.41, 5.74) is 1.64. The number of nitrogens with zero attached hydrogens (tertiary/aromatic N) is 4. The average Bonchev–Trinajstić information content (AvgIpc) is 3.17. The highest BCUT2D eigenvalue weighted by molar-refractivity contribution is 5.97. The summed E-state index contributed by atoms with van der Waals surface area (Å²) in [5, 5.41) is 0. The number of rotatable bonds is 4. The Kier molecular flexibility index (Phi) is 4.94. The molecule has 0 radical (unpaired) electrons. The summed E-state index contributed by atoms with van der Waals surface area (Å²) in [7, 11) is 1.66. The minimum Gasteiger partial charge on any atom is -0.436 e. The molecule has 0 N–H and O–H groups in total. The molecule has 0 spiro atoms. The SMILES string of the molecule is CN(Cc1ccncn1)C(=O)c1ccc2oc(-c3ccc(C(F)(F)F)cc3)nc2c1. The molecule has 0 unspecified atom stereocenters. The van der Waals surface area contributed by atoms with E-state index in [1.54, 1.807) is 37.5 Å². The van der Waals surface area contributed by atoms with E-state index in [0.717, 1.165) is 12.1 Å². The zero-order valence-corrected chi connectivity index (χ0v) is 15.7. The van der Waals surface area contributed by atoms with Gasteiger partial charge in [-0.2, -0.15) is 13.2 Å². The second-order valence-electron chi connectivity index (χ2n) is 6.64. The Morgan fingerprint density at radius 2 is 1.87 bits per heavy atom. The van der Waals surface area contributed by atoms with Crippen LogP contribution in [0.15, 0.2) is 65.5 Å². The fraction of sp³-hybridized carbons (Fsp3) is 0.143. The van der Waals surface area contributed by atoms with Crippen molar-refractivity contribution in [3.8, 4) is 11.5 Å². The first-order chi connectivity index (χ1) is 14.3. The quantitative estimate of drug-likeness (QED) is 0.491. The number of hydrogen-bond donors (Lipinski definition) is 0. The Balaban J connectivity index is 1.57. The molecule has 2 aromatic carbocycles. The van der Waals surface area contributed by atoms with Gasteiger partial charge < -0.3 is 9.32 Å². The number of amides is 1. The maximum absolute atomic E-state index is 12.7. The fourth-order valence-electron chi connectivity index (χ4n) is 2.93. The normalized spacial score (nSPS) is 11.6. The van der Waals surface area contributed by atoms with E-state index in [2.05, 4.69) is 15.0 Å². The highest BCUT2D eigenvalue weighted by Gasteiger charge is 2.30. The number of fused-ring (bicyclic) bond motifs is 1. The predicted octanol–water partition coefficient (Wildman–Crippen LogP) is 4.58. The molecule has 30 heavy (non-hydrogen) atoms. The maximum Gasteiger partial charge on any atom is 0.416 e. The number of oxazole rings is 1. The van der Waals surface area contributed by atoms with E-state index in [0.29, 0.717) is 34.5 Å². The zero-order valence-electron chi connectivity index (χ0n) is 15.7. The molecule has 0 fully saturated rings. The lowest BCUT2D eigenvalue weighted by Gasteiger charge is -2.16. The second kappa shape index (κ2) is 7.58. The monoisotopic (exact) mass is 412 g/mol. The van der Waals surface area contributed by atoms with Gasteiger partial charge >= 0.3 is 6.18 Å². The first kappa shape index (κ1) is 19.6. The second-order valence-corrected chi connectivity index (χ2v) is 6.64. The minimum absolute atomic E-state index is 0.178. The van der Waals surface area contributed by atoms with Crippen LogP contribution < -0.4 is 0 Å². The van der Waals surface area contributed by atoms with Crippen molar-refractivity contribution >= 4 is 17.0 Å². The van der Waals surface area contributed by atoms with Crippen molar-refractivity contribution in [2.24, 2.45) is 0 Å². The van der Waals surface area contributed by atoms with Gasteiger partial charge in [0.2, 0.25) is 5.89 Å². The molecule has 6 nitrogen and oxygen atoms in total. The maximum atomic E-state index is 12.7. The van der Waals surface area contributed by atoms with E-state index in [1.807, 2.05) is 0 Å². The van der Waals surface area contributed by atoms with Crippen LogP contribution >= 0.6 is 0 Å². The third kappa shape index (κ3) is 4.00. The first-order valence-corrected chi connectivity index (χ1v) is 8.90. The molecule has 0 aliphatic rings. The van der Waals surface area contributed by atoms with Crippen molar-refractivity contribution in [3.05, 3.63) is 77.9 Å². The number of alkyl halides is 3. The van der Waals surface area contributed by atoms with Gasteiger partial charge in [0.1, 0.15) is 11.8 Å². The molecule has 0 saturated heterocycles. The van der Waals surface area contributed by atoms with E-state index in [-0.39, 0.29) is 11.8 Å². The molecule has 0 atom stereocenters. The number of halogens is 3. The molecule has 0 aliphatic carbocycles. The summed E-state index contributed by atoms with van der Waals surface area (Å²) in [4.78, 5) is 26.5. The Morgan fingerprint density at radius 1 is 1.10 bits per heavy atom. The molecule has 0 bridgehead atoms. The van der Waals surface area contributed by atoms with Crippen molar-refractivity contribution in [1.29, 1.82) is 0 Å². The minimum atomic E-state index is -4.41. The van der Waals surface area contributed by atoms with Crippen LogP contribution in [0, 0.1) is 0 Å². The third-order valence-corrected chi connectivity index (χ3v) is 4.48. The van der Waals surface area contributed by atoms with E-state index in [1.165, 1.54) is 23.4 Å². The van der Waals surface area contributed by atoms with Crippen LogP contribution in [-0.2, 0) is 12.7 Å². The number of aromatic nitrogens is 3. The predicted molar refractivity (Wildman–Crippen MR) is 102 cm³/mol. The van der Waals surface area contributed by atoms with Crippen LogP contribution in [0.25, 0.3) is 22.6 Å².